The molecule has 62 valence electrons. The minimum absolute atomic E-state index is 0.497. The molecule has 3 unspecified atom stereocenters. The molecular weight excluding hydrogens is 132 g/mol. The molecule has 2 rings (SSSR count). The molecule has 0 N–H and O–H groups in total. The van der Waals surface area contributed by atoms with Crippen LogP contribution in [0.1, 0.15) is 34.1 Å². The Morgan fingerprint density at radius 3 is 2.09 bits per heavy atom. The SMILES string of the molecule is CC1CC2(C)C=CC1C2(C)C. The van der Waals surface area contributed by atoms with Gasteiger partial charge in [0.1, 0.15) is 0 Å². The topological polar surface area (TPSA) is 0 Å². The maximum atomic E-state index is 2.44. The van der Waals surface area contributed by atoms with Gasteiger partial charge < -0.3 is 0 Å². The monoisotopic (exact) mass is 150 g/mol. The summed E-state index contributed by atoms with van der Waals surface area (Å²) in [6, 6.07) is 0. The fourth-order valence-electron chi connectivity index (χ4n) is 3.18. The summed E-state index contributed by atoms with van der Waals surface area (Å²) in [5, 5.41) is 0. The lowest BCUT2D eigenvalue weighted by Gasteiger charge is -2.33. The highest BCUT2D eigenvalue weighted by atomic mass is 14.6. The van der Waals surface area contributed by atoms with Gasteiger partial charge in [-0.15, -0.1) is 0 Å². The predicted molar refractivity (Wildman–Crippen MR) is 48.3 cm³/mol. The summed E-state index contributed by atoms with van der Waals surface area (Å²) >= 11 is 0. The van der Waals surface area contributed by atoms with Crippen LogP contribution in [-0.4, -0.2) is 0 Å². The van der Waals surface area contributed by atoms with Crippen LogP contribution in [0.2, 0.25) is 0 Å². The van der Waals surface area contributed by atoms with Crippen LogP contribution in [0.5, 0.6) is 0 Å². The van der Waals surface area contributed by atoms with E-state index in [1.54, 1.807) is 0 Å². The van der Waals surface area contributed by atoms with Gasteiger partial charge in [-0.1, -0.05) is 39.8 Å². The molecule has 0 aromatic carbocycles. The molecular formula is C11H18. The summed E-state index contributed by atoms with van der Waals surface area (Å²) in [5.74, 6) is 1.74. The molecule has 1 fully saturated rings. The molecule has 0 nitrogen and oxygen atoms in total. The van der Waals surface area contributed by atoms with Crippen LogP contribution in [0.4, 0.5) is 0 Å². The predicted octanol–water partition coefficient (Wildman–Crippen LogP) is 3.24. The number of fused-ring (bicyclic) bond motifs is 2. The number of allylic oxidation sites excluding steroid dienone is 2. The molecule has 2 bridgehead atoms. The van der Waals surface area contributed by atoms with E-state index in [1.807, 2.05) is 0 Å². The van der Waals surface area contributed by atoms with E-state index in [0.29, 0.717) is 10.8 Å². The van der Waals surface area contributed by atoms with E-state index in [1.165, 1.54) is 6.42 Å². The van der Waals surface area contributed by atoms with Gasteiger partial charge >= 0.3 is 0 Å². The molecule has 0 radical (unpaired) electrons. The van der Waals surface area contributed by atoms with E-state index < -0.39 is 0 Å². The average Bonchev–Trinajstić information content (AvgIpc) is 2.13. The molecule has 0 aromatic rings. The average molecular weight is 150 g/mol. The van der Waals surface area contributed by atoms with Crippen molar-refractivity contribution >= 4 is 0 Å². The smallest absolute Gasteiger partial charge is 0.00868 e. The first-order valence-corrected chi connectivity index (χ1v) is 4.67. The van der Waals surface area contributed by atoms with Crippen LogP contribution < -0.4 is 0 Å². The summed E-state index contributed by atoms with van der Waals surface area (Å²) in [6.45, 7) is 9.64. The fourth-order valence-corrected chi connectivity index (χ4v) is 3.18. The molecule has 2 aliphatic rings. The molecule has 0 heteroatoms. The highest BCUT2D eigenvalue weighted by Gasteiger charge is 2.55. The first-order chi connectivity index (χ1) is 4.97. The van der Waals surface area contributed by atoms with E-state index in [2.05, 4.69) is 39.8 Å². The largest absolute Gasteiger partial charge is 0.0840 e. The van der Waals surface area contributed by atoms with Gasteiger partial charge in [-0.25, -0.2) is 0 Å². The van der Waals surface area contributed by atoms with Gasteiger partial charge in [-0.05, 0) is 29.1 Å². The van der Waals surface area contributed by atoms with Crippen molar-refractivity contribution < 1.29 is 0 Å². The summed E-state index contributed by atoms with van der Waals surface area (Å²) < 4.78 is 0. The third-order valence-electron chi connectivity index (χ3n) is 4.34. The third kappa shape index (κ3) is 0.660. The van der Waals surface area contributed by atoms with Gasteiger partial charge in [0, 0.05) is 0 Å². The lowest BCUT2D eigenvalue weighted by atomic mass is 9.70. The van der Waals surface area contributed by atoms with Crippen molar-refractivity contribution in [2.75, 3.05) is 0 Å². The molecule has 0 spiro atoms. The summed E-state index contributed by atoms with van der Waals surface area (Å²) in [4.78, 5) is 0. The molecule has 0 aliphatic heterocycles. The minimum atomic E-state index is 0.497. The van der Waals surface area contributed by atoms with Crippen LogP contribution in [0.15, 0.2) is 12.2 Å². The number of hydrogen-bond donors (Lipinski definition) is 0. The maximum absolute atomic E-state index is 2.44. The van der Waals surface area contributed by atoms with Crippen LogP contribution >= 0.6 is 0 Å². The van der Waals surface area contributed by atoms with Crippen molar-refractivity contribution in [1.29, 1.82) is 0 Å². The summed E-state index contributed by atoms with van der Waals surface area (Å²) in [5.41, 5.74) is 1.02. The first-order valence-electron chi connectivity index (χ1n) is 4.67. The van der Waals surface area contributed by atoms with E-state index in [-0.39, 0.29) is 0 Å². The third-order valence-corrected chi connectivity index (χ3v) is 4.34. The quantitative estimate of drug-likeness (QED) is 0.465. The van der Waals surface area contributed by atoms with Crippen molar-refractivity contribution in [3.8, 4) is 0 Å². The molecule has 0 aromatic heterocycles. The second-order valence-corrected chi connectivity index (χ2v) is 5.21. The molecule has 11 heavy (non-hydrogen) atoms. The van der Waals surface area contributed by atoms with Crippen LogP contribution in [-0.2, 0) is 0 Å². The van der Waals surface area contributed by atoms with Crippen molar-refractivity contribution in [2.24, 2.45) is 22.7 Å². The van der Waals surface area contributed by atoms with Gasteiger partial charge in [0.05, 0.1) is 0 Å². The van der Waals surface area contributed by atoms with Crippen molar-refractivity contribution in [1.82, 2.24) is 0 Å². The summed E-state index contributed by atoms with van der Waals surface area (Å²) in [7, 11) is 0. The van der Waals surface area contributed by atoms with E-state index in [0.717, 1.165) is 11.8 Å². The summed E-state index contributed by atoms with van der Waals surface area (Å²) in [6.07, 6.45) is 6.27. The van der Waals surface area contributed by atoms with Crippen LogP contribution in [0.25, 0.3) is 0 Å². The zero-order valence-corrected chi connectivity index (χ0v) is 8.02. The minimum Gasteiger partial charge on any atom is -0.0840 e. The Morgan fingerprint density at radius 2 is 1.91 bits per heavy atom. The second-order valence-electron chi connectivity index (χ2n) is 5.21. The van der Waals surface area contributed by atoms with Gasteiger partial charge in [0.2, 0.25) is 0 Å². The highest BCUT2D eigenvalue weighted by molar-refractivity contribution is 5.23. The van der Waals surface area contributed by atoms with Crippen molar-refractivity contribution in [3.63, 3.8) is 0 Å². The molecule has 2 aliphatic carbocycles. The normalized spacial score (nSPS) is 52.0. The Labute approximate surface area is 69.7 Å². The first kappa shape index (κ1) is 7.39. The Morgan fingerprint density at radius 1 is 1.27 bits per heavy atom. The highest BCUT2D eigenvalue weighted by Crippen LogP contribution is 2.63. The second kappa shape index (κ2) is 1.73. The van der Waals surface area contributed by atoms with Crippen molar-refractivity contribution in [2.45, 2.75) is 34.1 Å². The van der Waals surface area contributed by atoms with Crippen LogP contribution in [0, 0.1) is 22.7 Å². The van der Waals surface area contributed by atoms with Crippen LogP contribution in [0.3, 0.4) is 0 Å². The van der Waals surface area contributed by atoms with E-state index in [9.17, 15) is 0 Å². The molecule has 1 saturated carbocycles. The molecule has 0 saturated heterocycles. The van der Waals surface area contributed by atoms with E-state index >= 15 is 0 Å². The molecule has 3 atom stereocenters. The molecule has 0 heterocycles. The Hall–Kier alpha value is -0.260. The Kier molecular flexibility index (Phi) is 1.16. The Bertz CT molecular complexity index is 212. The maximum Gasteiger partial charge on any atom is -0.00868 e. The van der Waals surface area contributed by atoms with Crippen molar-refractivity contribution in [3.05, 3.63) is 12.2 Å². The standard InChI is InChI=1S/C11H18/c1-8-7-11(4)6-5-9(8)10(11,2)3/h5-6,8-9H,7H2,1-4H3. The van der Waals surface area contributed by atoms with Gasteiger partial charge in [0.25, 0.3) is 0 Å². The van der Waals surface area contributed by atoms with Gasteiger partial charge in [0.15, 0.2) is 0 Å². The van der Waals surface area contributed by atoms with Gasteiger partial charge in [-0.2, -0.15) is 0 Å². The molecule has 0 amide bonds. The zero-order chi connectivity index (χ0) is 8.28. The van der Waals surface area contributed by atoms with E-state index in [4.69, 9.17) is 0 Å². The Balaban J connectivity index is 2.45. The lowest BCUT2D eigenvalue weighted by molar-refractivity contribution is 0.179. The van der Waals surface area contributed by atoms with Gasteiger partial charge in [-0.3, -0.25) is 0 Å². The zero-order valence-electron chi connectivity index (χ0n) is 8.02. The lowest BCUT2D eigenvalue weighted by Crippen LogP contribution is -2.27. The number of rotatable bonds is 0. The number of hydrogen-bond acceptors (Lipinski definition) is 0. The fraction of sp³-hybridized carbons (Fsp3) is 0.818.